The molecule has 0 amide bonds. The van der Waals surface area contributed by atoms with Gasteiger partial charge in [0.2, 0.25) is 0 Å². The molecule has 2 aliphatic rings. The summed E-state index contributed by atoms with van der Waals surface area (Å²) in [5.74, 6) is 0. The number of ether oxygens (including phenoxy) is 1. The molecular formula is C17H26N2O. The summed E-state index contributed by atoms with van der Waals surface area (Å²) in [5.41, 5.74) is 2.33. The minimum Gasteiger partial charge on any atom is -0.372 e. The van der Waals surface area contributed by atoms with E-state index in [1.807, 2.05) is 6.20 Å². The van der Waals surface area contributed by atoms with Crippen LogP contribution in [-0.4, -0.2) is 17.1 Å². The zero-order chi connectivity index (χ0) is 13.6. The first kappa shape index (κ1) is 14.0. The summed E-state index contributed by atoms with van der Waals surface area (Å²) in [6.07, 6.45) is 13.0. The number of nitrogens with one attached hydrogen (secondary N) is 1. The van der Waals surface area contributed by atoms with Gasteiger partial charge in [0.25, 0.3) is 0 Å². The van der Waals surface area contributed by atoms with Gasteiger partial charge in [0.1, 0.15) is 0 Å². The first-order valence-corrected chi connectivity index (χ1v) is 8.19. The van der Waals surface area contributed by atoms with Gasteiger partial charge in [-0.05, 0) is 37.3 Å². The highest BCUT2D eigenvalue weighted by atomic mass is 16.5. The molecule has 1 aromatic heterocycles. The van der Waals surface area contributed by atoms with Gasteiger partial charge in [-0.3, -0.25) is 4.98 Å². The molecule has 3 nitrogen and oxygen atoms in total. The predicted octanol–water partition coefficient (Wildman–Crippen LogP) is 3.57. The molecule has 2 aliphatic carbocycles. The first-order chi connectivity index (χ1) is 9.90. The van der Waals surface area contributed by atoms with E-state index in [1.54, 1.807) is 0 Å². The van der Waals surface area contributed by atoms with Crippen molar-refractivity contribution in [2.24, 2.45) is 0 Å². The Morgan fingerprint density at radius 3 is 2.50 bits per heavy atom. The van der Waals surface area contributed by atoms with E-state index in [9.17, 15) is 0 Å². The summed E-state index contributed by atoms with van der Waals surface area (Å²) in [7, 11) is 0. The van der Waals surface area contributed by atoms with Crippen molar-refractivity contribution < 1.29 is 4.74 Å². The van der Waals surface area contributed by atoms with Crippen molar-refractivity contribution in [1.29, 1.82) is 0 Å². The quantitative estimate of drug-likeness (QED) is 0.805. The van der Waals surface area contributed by atoms with Gasteiger partial charge in [-0.25, -0.2) is 0 Å². The minimum atomic E-state index is 0.454. The largest absolute Gasteiger partial charge is 0.372 e. The van der Waals surface area contributed by atoms with Gasteiger partial charge in [0.05, 0.1) is 18.4 Å². The van der Waals surface area contributed by atoms with Crippen LogP contribution in [0.4, 0.5) is 0 Å². The summed E-state index contributed by atoms with van der Waals surface area (Å²) < 4.78 is 6.02. The molecule has 3 heteroatoms. The molecule has 0 aliphatic heterocycles. The predicted molar refractivity (Wildman–Crippen MR) is 80.4 cm³/mol. The number of rotatable bonds is 6. The van der Waals surface area contributed by atoms with Crippen LogP contribution in [0, 0.1) is 0 Å². The molecule has 0 bridgehead atoms. The lowest BCUT2D eigenvalue weighted by Gasteiger charge is -2.15. The van der Waals surface area contributed by atoms with Crippen LogP contribution in [0.25, 0.3) is 0 Å². The molecule has 1 N–H and O–H groups in total. The van der Waals surface area contributed by atoms with Crippen molar-refractivity contribution in [3.8, 4) is 0 Å². The summed E-state index contributed by atoms with van der Waals surface area (Å²) in [5, 5.41) is 3.51. The number of nitrogens with zero attached hydrogens (tertiary/aromatic N) is 1. The average molecular weight is 274 g/mol. The maximum absolute atomic E-state index is 6.02. The van der Waals surface area contributed by atoms with E-state index in [4.69, 9.17) is 4.74 Å². The smallest absolute Gasteiger partial charge is 0.0891 e. The highest BCUT2D eigenvalue weighted by molar-refractivity contribution is 5.13. The van der Waals surface area contributed by atoms with Crippen LogP contribution < -0.4 is 5.32 Å². The maximum Gasteiger partial charge on any atom is 0.0891 e. The molecule has 0 saturated heterocycles. The molecular weight excluding hydrogens is 248 g/mol. The molecule has 1 heterocycles. The van der Waals surface area contributed by atoms with Crippen molar-refractivity contribution in [3.05, 3.63) is 29.6 Å². The van der Waals surface area contributed by atoms with Crippen LogP contribution in [0.1, 0.15) is 62.6 Å². The van der Waals surface area contributed by atoms with Crippen molar-refractivity contribution in [2.45, 2.75) is 76.7 Å². The van der Waals surface area contributed by atoms with Crippen molar-refractivity contribution >= 4 is 0 Å². The van der Waals surface area contributed by atoms with E-state index in [1.165, 1.54) is 56.9 Å². The molecule has 2 saturated carbocycles. The Kier molecular flexibility index (Phi) is 5.04. The standard InChI is InChI=1S/C17H26N2O/c1-2-4-6-17(5-3-1)20-13-16-8-7-14(12-19-16)11-18-15-9-10-15/h7-8,12,15,17-18H,1-6,9-11,13H2. The van der Waals surface area contributed by atoms with Crippen molar-refractivity contribution in [3.63, 3.8) is 0 Å². The Hall–Kier alpha value is -0.930. The molecule has 110 valence electrons. The molecule has 0 atom stereocenters. The molecule has 1 aromatic rings. The highest BCUT2D eigenvalue weighted by Gasteiger charge is 2.19. The summed E-state index contributed by atoms with van der Waals surface area (Å²) >= 11 is 0. The second-order valence-corrected chi connectivity index (χ2v) is 6.24. The lowest BCUT2D eigenvalue weighted by molar-refractivity contribution is 0.0292. The molecule has 0 unspecified atom stereocenters. The van der Waals surface area contributed by atoms with E-state index < -0.39 is 0 Å². The van der Waals surface area contributed by atoms with Crippen molar-refractivity contribution in [2.75, 3.05) is 0 Å². The SMILES string of the molecule is c1cc(COC2CCCCCC2)ncc1CNC1CC1. The maximum atomic E-state index is 6.02. The van der Waals surface area contributed by atoms with Crippen LogP contribution in [0.2, 0.25) is 0 Å². The number of aromatic nitrogens is 1. The number of hydrogen-bond acceptors (Lipinski definition) is 3. The first-order valence-electron chi connectivity index (χ1n) is 8.19. The fraction of sp³-hybridized carbons (Fsp3) is 0.706. The van der Waals surface area contributed by atoms with E-state index in [0.29, 0.717) is 12.7 Å². The van der Waals surface area contributed by atoms with E-state index in [0.717, 1.165) is 18.3 Å². The normalized spacial score (nSPS) is 20.8. The average Bonchev–Trinajstić information content (AvgIpc) is 3.31. The summed E-state index contributed by atoms with van der Waals surface area (Å²) in [6, 6.07) is 5.04. The second-order valence-electron chi connectivity index (χ2n) is 6.24. The monoisotopic (exact) mass is 274 g/mol. The van der Waals surface area contributed by atoms with Gasteiger partial charge in [0, 0.05) is 18.8 Å². The Balaban J connectivity index is 1.42. The van der Waals surface area contributed by atoms with Gasteiger partial charge in [-0.2, -0.15) is 0 Å². The molecule has 0 aromatic carbocycles. The van der Waals surface area contributed by atoms with Crippen molar-refractivity contribution in [1.82, 2.24) is 10.3 Å². The Labute approximate surface area is 122 Å². The molecule has 0 spiro atoms. The van der Waals surface area contributed by atoms with E-state index in [2.05, 4.69) is 22.4 Å². The summed E-state index contributed by atoms with van der Waals surface area (Å²) in [4.78, 5) is 4.52. The lowest BCUT2D eigenvalue weighted by Crippen LogP contribution is -2.15. The van der Waals surface area contributed by atoms with Crippen LogP contribution >= 0.6 is 0 Å². The number of pyridine rings is 1. The van der Waals surface area contributed by atoms with Crippen LogP contribution in [0.3, 0.4) is 0 Å². The van der Waals surface area contributed by atoms with Crippen LogP contribution in [0.5, 0.6) is 0 Å². The molecule has 0 radical (unpaired) electrons. The fourth-order valence-electron chi connectivity index (χ4n) is 2.81. The molecule has 2 fully saturated rings. The Morgan fingerprint density at radius 1 is 1.05 bits per heavy atom. The topological polar surface area (TPSA) is 34.1 Å². The summed E-state index contributed by atoms with van der Waals surface area (Å²) in [6.45, 7) is 1.61. The number of hydrogen-bond donors (Lipinski definition) is 1. The van der Waals surface area contributed by atoms with E-state index in [-0.39, 0.29) is 0 Å². The fourth-order valence-corrected chi connectivity index (χ4v) is 2.81. The second kappa shape index (κ2) is 7.19. The minimum absolute atomic E-state index is 0.454. The van der Waals surface area contributed by atoms with Gasteiger partial charge in [0.15, 0.2) is 0 Å². The third kappa shape index (κ3) is 4.57. The van der Waals surface area contributed by atoms with Crippen LogP contribution in [0.15, 0.2) is 18.3 Å². The van der Waals surface area contributed by atoms with E-state index >= 15 is 0 Å². The zero-order valence-electron chi connectivity index (χ0n) is 12.3. The van der Waals surface area contributed by atoms with Gasteiger partial charge < -0.3 is 10.1 Å². The third-order valence-corrected chi connectivity index (χ3v) is 4.33. The molecule has 20 heavy (non-hydrogen) atoms. The lowest BCUT2D eigenvalue weighted by atomic mass is 10.1. The van der Waals surface area contributed by atoms with Gasteiger partial charge >= 0.3 is 0 Å². The Bertz CT molecular complexity index is 392. The molecule has 3 rings (SSSR count). The van der Waals surface area contributed by atoms with Gasteiger partial charge in [-0.1, -0.05) is 31.7 Å². The zero-order valence-corrected chi connectivity index (χ0v) is 12.3. The van der Waals surface area contributed by atoms with Crippen LogP contribution in [-0.2, 0) is 17.9 Å². The van der Waals surface area contributed by atoms with Gasteiger partial charge in [-0.15, -0.1) is 0 Å². The highest BCUT2D eigenvalue weighted by Crippen LogP contribution is 2.21. The Morgan fingerprint density at radius 2 is 1.85 bits per heavy atom. The third-order valence-electron chi connectivity index (χ3n) is 4.33.